The van der Waals surface area contributed by atoms with Crippen molar-refractivity contribution in [2.45, 2.75) is 51.2 Å². The van der Waals surface area contributed by atoms with Gasteiger partial charge in [0.05, 0.1) is 0 Å². The minimum Gasteiger partial charge on any atom is -0.492 e. The lowest BCUT2D eigenvalue weighted by Gasteiger charge is -2.31. The average molecular weight is 426 g/mol. The molecule has 2 heterocycles. The number of likely N-dealkylation sites (N-methyl/N-ethyl adjacent to an activating group) is 1. The van der Waals surface area contributed by atoms with Crippen LogP contribution in [-0.4, -0.2) is 62.8 Å². The van der Waals surface area contributed by atoms with E-state index in [2.05, 4.69) is 29.5 Å². The van der Waals surface area contributed by atoms with E-state index in [0.717, 1.165) is 63.3 Å². The van der Waals surface area contributed by atoms with E-state index in [1.165, 1.54) is 0 Å². The van der Waals surface area contributed by atoms with Crippen LogP contribution in [-0.2, 0) is 16.1 Å². The van der Waals surface area contributed by atoms with E-state index in [4.69, 9.17) is 9.47 Å². The van der Waals surface area contributed by atoms with Crippen molar-refractivity contribution in [2.24, 2.45) is 5.92 Å². The number of hydrogen-bond donors (Lipinski definition) is 2. The molecule has 0 saturated carbocycles. The molecule has 3 rings (SSSR count). The van der Waals surface area contributed by atoms with Crippen LogP contribution in [0.5, 0.6) is 5.75 Å². The smallest absolute Gasteiger partial charge is 0.223 e. The highest BCUT2D eigenvalue weighted by Crippen LogP contribution is 2.18. The number of piperidine rings is 1. The topological polar surface area (TPSA) is 62.8 Å². The maximum absolute atomic E-state index is 12.4. The first-order chi connectivity index (χ1) is 13.6. The normalized spacial score (nSPS) is 22.7. The summed E-state index contributed by atoms with van der Waals surface area (Å²) in [4.78, 5) is 14.8. The first-order valence-corrected chi connectivity index (χ1v) is 10.6. The van der Waals surface area contributed by atoms with Crippen molar-refractivity contribution < 1.29 is 14.3 Å². The Labute approximate surface area is 181 Å². The van der Waals surface area contributed by atoms with Crippen LogP contribution in [0.1, 0.15) is 38.2 Å². The third kappa shape index (κ3) is 7.78. The van der Waals surface area contributed by atoms with E-state index < -0.39 is 0 Å². The van der Waals surface area contributed by atoms with E-state index >= 15 is 0 Å². The largest absolute Gasteiger partial charge is 0.492 e. The summed E-state index contributed by atoms with van der Waals surface area (Å²) in [5, 5.41) is 6.48. The molecular weight excluding hydrogens is 390 g/mol. The fourth-order valence-electron chi connectivity index (χ4n) is 4.06. The Balaban J connectivity index is 0.00000300. The van der Waals surface area contributed by atoms with Gasteiger partial charge in [-0.05, 0) is 63.9 Å². The first-order valence-electron chi connectivity index (χ1n) is 10.6. The van der Waals surface area contributed by atoms with E-state index in [1.807, 2.05) is 24.3 Å². The summed E-state index contributed by atoms with van der Waals surface area (Å²) in [6, 6.07) is 9.04. The fraction of sp³-hybridized carbons (Fsp3) is 0.682. The predicted octanol–water partition coefficient (Wildman–Crippen LogP) is 2.60. The highest BCUT2D eigenvalue weighted by molar-refractivity contribution is 5.85. The quantitative estimate of drug-likeness (QED) is 0.670. The van der Waals surface area contributed by atoms with Crippen molar-refractivity contribution in [3.05, 3.63) is 29.8 Å². The Morgan fingerprint density at radius 1 is 1.31 bits per heavy atom. The highest BCUT2D eigenvalue weighted by Gasteiger charge is 2.24. The number of hydrogen-bond acceptors (Lipinski definition) is 5. The van der Waals surface area contributed by atoms with E-state index in [1.54, 1.807) is 0 Å². The third-order valence-electron chi connectivity index (χ3n) is 5.89. The summed E-state index contributed by atoms with van der Waals surface area (Å²) < 4.78 is 11.4. The molecule has 0 aromatic heterocycles. The second-order valence-electron chi connectivity index (χ2n) is 8.11. The molecular formula is C22H36ClN3O3. The van der Waals surface area contributed by atoms with Gasteiger partial charge in [0.1, 0.15) is 12.4 Å². The number of nitrogens with zero attached hydrogens (tertiary/aromatic N) is 1. The minimum absolute atomic E-state index is 0. The molecule has 2 aliphatic rings. The lowest BCUT2D eigenvalue weighted by Crippen LogP contribution is -2.42. The van der Waals surface area contributed by atoms with Crippen molar-refractivity contribution in [1.82, 2.24) is 15.5 Å². The van der Waals surface area contributed by atoms with Crippen LogP contribution in [0.3, 0.4) is 0 Å². The van der Waals surface area contributed by atoms with Crippen molar-refractivity contribution in [3.8, 4) is 5.75 Å². The summed E-state index contributed by atoms with van der Waals surface area (Å²) >= 11 is 0. The van der Waals surface area contributed by atoms with Crippen LogP contribution < -0.4 is 15.4 Å². The second-order valence-corrected chi connectivity index (χ2v) is 8.11. The zero-order valence-electron chi connectivity index (χ0n) is 17.7. The average Bonchev–Trinajstić information content (AvgIpc) is 2.73. The molecule has 29 heavy (non-hydrogen) atoms. The van der Waals surface area contributed by atoms with Crippen LogP contribution in [0.15, 0.2) is 24.3 Å². The van der Waals surface area contributed by atoms with Gasteiger partial charge in [0, 0.05) is 44.3 Å². The zero-order valence-corrected chi connectivity index (χ0v) is 18.5. The van der Waals surface area contributed by atoms with Crippen molar-refractivity contribution >= 4 is 18.3 Å². The van der Waals surface area contributed by atoms with Gasteiger partial charge in [-0.2, -0.15) is 0 Å². The SMILES string of the molecule is C[C@H]1C[C@@H](C(=O)NCc2cccc(OCCN(C)C3CCOCC3)c2)CCN1.Cl. The molecule has 7 heteroatoms. The monoisotopic (exact) mass is 425 g/mol. The van der Waals surface area contributed by atoms with E-state index in [0.29, 0.717) is 25.2 Å². The van der Waals surface area contributed by atoms with Crippen LogP contribution in [0.4, 0.5) is 0 Å². The van der Waals surface area contributed by atoms with Crippen LogP contribution in [0.25, 0.3) is 0 Å². The van der Waals surface area contributed by atoms with Gasteiger partial charge in [0.2, 0.25) is 5.91 Å². The molecule has 1 aromatic rings. The molecule has 0 spiro atoms. The molecule has 6 nitrogen and oxygen atoms in total. The molecule has 2 fully saturated rings. The number of halogens is 1. The fourth-order valence-corrected chi connectivity index (χ4v) is 4.06. The Morgan fingerprint density at radius 3 is 2.86 bits per heavy atom. The number of carbonyl (C=O) groups excluding carboxylic acids is 1. The zero-order chi connectivity index (χ0) is 19.8. The van der Waals surface area contributed by atoms with Crippen molar-refractivity contribution in [2.75, 3.05) is 40.0 Å². The van der Waals surface area contributed by atoms with Gasteiger partial charge in [-0.25, -0.2) is 0 Å². The van der Waals surface area contributed by atoms with Crippen LogP contribution in [0, 0.1) is 5.92 Å². The lowest BCUT2D eigenvalue weighted by molar-refractivity contribution is -0.126. The van der Waals surface area contributed by atoms with Gasteiger partial charge in [-0.15, -0.1) is 12.4 Å². The van der Waals surface area contributed by atoms with E-state index in [-0.39, 0.29) is 24.2 Å². The third-order valence-corrected chi connectivity index (χ3v) is 5.89. The highest BCUT2D eigenvalue weighted by atomic mass is 35.5. The Hall–Kier alpha value is -1.34. The molecule has 2 atom stereocenters. The predicted molar refractivity (Wildman–Crippen MR) is 118 cm³/mol. The molecule has 0 aliphatic carbocycles. The molecule has 2 N–H and O–H groups in total. The van der Waals surface area contributed by atoms with Gasteiger partial charge in [-0.3, -0.25) is 9.69 Å². The summed E-state index contributed by atoms with van der Waals surface area (Å²) in [5.41, 5.74) is 1.07. The molecule has 1 aromatic carbocycles. The van der Waals surface area contributed by atoms with Gasteiger partial charge in [0.25, 0.3) is 0 Å². The van der Waals surface area contributed by atoms with Gasteiger partial charge in [-0.1, -0.05) is 12.1 Å². The Morgan fingerprint density at radius 2 is 2.10 bits per heavy atom. The van der Waals surface area contributed by atoms with Gasteiger partial charge in [0.15, 0.2) is 0 Å². The summed E-state index contributed by atoms with van der Waals surface area (Å²) in [7, 11) is 2.16. The molecule has 2 saturated heterocycles. The summed E-state index contributed by atoms with van der Waals surface area (Å²) in [6.07, 6.45) is 4.03. The standard InChI is InChI=1S/C22H35N3O3.ClH/c1-17-14-19(6-9-23-17)22(26)24-16-18-4-3-5-21(15-18)28-13-10-25(2)20-7-11-27-12-8-20;/h3-5,15,17,19-20,23H,6-14,16H2,1-2H3,(H,24,26);1H/t17-,19-;/m0./s1. The molecule has 0 bridgehead atoms. The first kappa shape index (κ1) is 23.9. The van der Waals surface area contributed by atoms with Crippen molar-refractivity contribution in [3.63, 3.8) is 0 Å². The van der Waals surface area contributed by atoms with Crippen LogP contribution >= 0.6 is 12.4 Å². The van der Waals surface area contributed by atoms with E-state index in [9.17, 15) is 4.79 Å². The number of ether oxygens (including phenoxy) is 2. The number of benzene rings is 1. The minimum atomic E-state index is 0. The maximum Gasteiger partial charge on any atom is 0.223 e. The maximum atomic E-state index is 12.4. The molecule has 164 valence electrons. The number of rotatable bonds is 8. The van der Waals surface area contributed by atoms with Gasteiger partial charge >= 0.3 is 0 Å². The van der Waals surface area contributed by atoms with Crippen molar-refractivity contribution in [1.29, 1.82) is 0 Å². The summed E-state index contributed by atoms with van der Waals surface area (Å²) in [5.74, 6) is 1.15. The molecule has 1 amide bonds. The van der Waals surface area contributed by atoms with Crippen LogP contribution in [0.2, 0.25) is 0 Å². The number of amides is 1. The Kier molecular flexibility index (Phi) is 10.2. The molecule has 0 unspecified atom stereocenters. The summed E-state index contributed by atoms with van der Waals surface area (Å²) in [6.45, 7) is 6.90. The second kappa shape index (κ2) is 12.4. The lowest BCUT2D eigenvalue weighted by atomic mass is 9.92. The number of carbonyl (C=O) groups is 1. The molecule has 0 radical (unpaired) electrons. The number of nitrogens with one attached hydrogen (secondary N) is 2. The van der Waals surface area contributed by atoms with Gasteiger partial charge < -0.3 is 20.1 Å². The molecule has 2 aliphatic heterocycles. The Bertz CT molecular complexity index is 625.